The van der Waals surface area contributed by atoms with E-state index in [1.165, 1.54) is 0 Å². The molecule has 2 saturated heterocycles. The zero-order valence-electron chi connectivity index (χ0n) is 13.1. The molecule has 0 aromatic carbocycles. The van der Waals surface area contributed by atoms with E-state index in [9.17, 15) is 0 Å². The van der Waals surface area contributed by atoms with Crippen LogP contribution in [0.2, 0.25) is 0 Å². The van der Waals surface area contributed by atoms with Gasteiger partial charge in [0.1, 0.15) is 0 Å². The van der Waals surface area contributed by atoms with Crippen LogP contribution in [0.15, 0.2) is 12.3 Å². The van der Waals surface area contributed by atoms with Gasteiger partial charge in [-0.15, -0.1) is 0 Å². The van der Waals surface area contributed by atoms with E-state index in [0.717, 1.165) is 18.7 Å². The number of hydrogen-bond acceptors (Lipinski definition) is 6. The highest BCUT2D eigenvalue weighted by Gasteiger charge is 2.52. The van der Waals surface area contributed by atoms with Crippen LogP contribution < -0.4 is 10.5 Å². The van der Waals surface area contributed by atoms with E-state index in [0.29, 0.717) is 19.2 Å². The molecule has 6 nitrogen and oxygen atoms in total. The molecule has 2 aliphatic rings. The molecule has 7 heteroatoms. The Kier molecular flexibility index (Phi) is 3.67. The summed E-state index contributed by atoms with van der Waals surface area (Å²) in [5, 5.41) is 0. The molecular weight excluding hydrogens is 269 g/mol. The Balaban J connectivity index is 1.81. The summed E-state index contributed by atoms with van der Waals surface area (Å²) in [6.07, 6.45) is 1.76. The van der Waals surface area contributed by atoms with E-state index in [1.807, 2.05) is 33.8 Å². The monoisotopic (exact) mass is 291 g/mol. The highest BCUT2D eigenvalue weighted by molar-refractivity contribution is 6.61. The minimum absolute atomic E-state index is 0.359. The van der Waals surface area contributed by atoms with Gasteiger partial charge in [0.2, 0.25) is 5.95 Å². The van der Waals surface area contributed by atoms with Crippen molar-refractivity contribution in [1.29, 1.82) is 0 Å². The third-order valence-electron chi connectivity index (χ3n) is 4.45. The molecule has 2 aliphatic heterocycles. The van der Waals surface area contributed by atoms with Gasteiger partial charge in [0.25, 0.3) is 0 Å². The zero-order chi connectivity index (χ0) is 15.1. The first-order valence-electron chi connectivity index (χ1n) is 7.40. The zero-order valence-corrected chi connectivity index (χ0v) is 13.1. The first-order valence-corrected chi connectivity index (χ1v) is 7.40. The minimum Gasteiger partial charge on any atom is -0.398 e. The standard InChI is InChI=1S/C14H22BN3O3/c1-13(2)14(3,4)21-15(20-13)11-5-6-16-12(17-11)18-7-9-19-10-8-18/h5-6H,7-10H2,1-4H3. The summed E-state index contributed by atoms with van der Waals surface area (Å²) in [6, 6.07) is 1.85. The fraction of sp³-hybridized carbons (Fsp3) is 0.714. The number of ether oxygens (including phenoxy) is 1. The first-order chi connectivity index (χ1) is 9.89. The number of hydrogen-bond donors (Lipinski definition) is 0. The van der Waals surface area contributed by atoms with Gasteiger partial charge in [0, 0.05) is 19.3 Å². The Labute approximate surface area is 126 Å². The van der Waals surface area contributed by atoms with Crippen LogP contribution in [0.3, 0.4) is 0 Å². The molecule has 2 fully saturated rings. The van der Waals surface area contributed by atoms with Crippen LogP contribution in [0.1, 0.15) is 27.7 Å². The molecule has 0 aliphatic carbocycles. The molecule has 1 aromatic rings. The van der Waals surface area contributed by atoms with Gasteiger partial charge in [0.15, 0.2) is 0 Å². The van der Waals surface area contributed by atoms with E-state index in [-0.39, 0.29) is 11.2 Å². The Hall–Kier alpha value is -1.18. The Morgan fingerprint density at radius 2 is 1.71 bits per heavy atom. The number of aromatic nitrogens is 2. The lowest BCUT2D eigenvalue weighted by molar-refractivity contribution is 0.00578. The van der Waals surface area contributed by atoms with Crippen molar-refractivity contribution in [3.63, 3.8) is 0 Å². The average molecular weight is 291 g/mol. The predicted molar refractivity (Wildman–Crippen MR) is 80.8 cm³/mol. The average Bonchev–Trinajstić information content (AvgIpc) is 2.69. The highest BCUT2D eigenvalue weighted by Crippen LogP contribution is 2.36. The highest BCUT2D eigenvalue weighted by atomic mass is 16.7. The molecule has 114 valence electrons. The topological polar surface area (TPSA) is 56.7 Å². The summed E-state index contributed by atoms with van der Waals surface area (Å²) in [5.41, 5.74) is 0.0499. The van der Waals surface area contributed by atoms with Gasteiger partial charge in [-0.2, -0.15) is 0 Å². The van der Waals surface area contributed by atoms with Crippen molar-refractivity contribution in [1.82, 2.24) is 9.97 Å². The third kappa shape index (κ3) is 2.77. The predicted octanol–water partition coefficient (Wildman–Crippen LogP) is 0.612. The van der Waals surface area contributed by atoms with Crippen molar-refractivity contribution in [3.05, 3.63) is 12.3 Å². The van der Waals surface area contributed by atoms with E-state index >= 15 is 0 Å². The lowest BCUT2D eigenvalue weighted by Gasteiger charge is -2.32. The van der Waals surface area contributed by atoms with Gasteiger partial charge in [-0.3, -0.25) is 0 Å². The van der Waals surface area contributed by atoms with Crippen molar-refractivity contribution in [2.75, 3.05) is 31.2 Å². The number of nitrogens with zero attached hydrogens (tertiary/aromatic N) is 3. The van der Waals surface area contributed by atoms with Gasteiger partial charge in [-0.1, -0.05) is 0 Å². The molecule has 21 heavy (non-hydrogen) atoms. The van der Waals surface area contributed by atoms with E-state index in [2.05, 4.69) is 14.9 Å². The molecule has 0 saturated carbocycles. The maximum absolute atomic E-state index is 6.04. The van der Waals surface area contributed by atoms with Crippen molar-refractivity contribution >= 4 is 18.7 Å². The lowest BCUT2D eigenvalue weighted by Crippen LogP contribution is -2.41. The molecule has 1 aromatic heterocycles. The van der Waals surface area contributed by atoms with Crippen LogP contribution in [0.25, 0.3) is 0 Å². The quantitative estimate of drug-likeness (QED) is 0.744. The smallest absolute Gasteiger partial charge is 0.398 e. The van der Waals surface area contributed by atoms with Crippen molar-refractivity contribution in [2.24, 2.45) is 0 Å². The Morgan fingerprint density at radius 3 is 2.33 bits per heavy atom. The normalized spacial score (nSPS) is 24.4. The van der Waals surface area contributed by atoms with Crippen LogP contribution in [0, 0.1) is 0 Å². The summed E-state index contributed by atoms with van der Waals surface area (Å²) in [5.74, 6) is 0.713. The maximum Gasteiger partial charge on any atom is 0.514 e. The van der Waals surface area contributed by atoms with Gasteiger partial charge < -0.3 is 18.9 Å². The number of anilines is 1. The largest absolute Gasteiger partial charge is 0.514 e. The fourth-order valence-corrected chi connectivity index (χ4v) is 2.37. The van der Waals surface area contributed by atoms with Gasteiger partial charge in [-0.25, -0.2) is 9.97 Å². The molecule has 0 radical (unpaired) electrons. The fourth-order valence-electron chi connectivity index (χ4n) is 2.37. The van der Waals surface area contributed by atoms with Crippen molar-refractivity contribution < 1.29 is 14.0 Å². The van der Waals surface area contributed by atoms with Crippen LogP contribution >= 0.6 is 0 Å². The summed E-state index contributed by atoms with van der Waals surface area (Å²) in [4.78, 5) is 11.1. The molecular formula is C14H22BN3O3. The third-order valence-corrected chi connectivity index (χ3v) is 4.45. The summed E-state index contributed by atoms with van der Waals surface area (Å²) < 4.78 is 17.4. The summed E-state index contributed by atoms with van der Waals surface area (Å²) in [6.45, 7) is 11.2. The van der Waals surface area contributed by atoms with Crippen LogP contribution in [0.4, 0.5) is 5.95 Å². The molecule has 0 bridgehead atoms. The SMILES string of the molecule is CC1(C)OB(c2ccnc(N3CCOCC3)n2)OC1(C)C. The van der Waals surface area contributed by atoms with Crippen molar-refractivity contribution in [2.45, 2.75) is 38.9 Å². The molecule has 0 unspecified atom stereocenters. The van der Waals surface area contributed by atoms with Crippen molar-refractivity contribution in [3.8, 4) is 0 Å². The summed E-state index contributed by atoms with van der Waals surface area (Å²) >= 11 is 0. The Bertz CT molecular complexity index is 502. The van der Waals surface area contributed by atoms with Gasteiger partial charge >= 0.3 is 7.12 Å². The number of morpholine rings is 1. The second kappa shape index (κ2) is 5.23. The molecule has 0 spiro atoms. The van der Waals surface area contributed by atoms with E-state index in [1.54, 1.807) is 6.20 Å². The molecule has 3 rings (SSSR count). The second-order valence-electron chi connectivity index (χ2n) is 6.47. The molecule has 0 amide bonds. The summed E-state index contributed by atoms with van der Waals surface area (Å²) in [7, 11) is -0.446. The molecule has 0 atom stereocenters. The maximum atomic E-state index is 6.04. The van der Waals surface area contributed by atoms with E-state index < -0.39 is 7.12 Å². The lowest BCUT2D eigenvalue weighted by atomic mass is 9.84. The molecule has 0 N–H and O–H groups in total. The van der Waals surface area contributed by atoms with Gasteiger partial charge in [0.05, 0.1) is 30.0 Å². The molecule has 3 heterocycles. The van der Waals surface area contributed by atoms with Crippen LogP contribution in [-0.2, 0) is 14.0 Å². The van der Waals surface area contributed by atoms with Crippen LogP contribution in [-0.4, -0.2) is 54.6 Å². The minimum atomic E-state index is -0.446. The first kappa shape index (κ1) is 14.7. The Morgan fingerprint density at radius 1 is 1.10 bits per heavy atom. The number of rotatable bonds is 2. The van der Waals surface area contributed by atoms with Crippen LogP contribution in [0.5, 0.6) is 0 Å². The second-order valence-corrected chi connectivity index (χ2v) is 6.47. The van der Waals surface area contributed by atoms with Gasteiger partial charge in [-0.05, 0) is 33.8 Å². The van der Waals surface area contributed by atoms with E-state index in [4.69, 9.17) is 14.0 Å².